The Morgan fingerprint density at radius 2 is 2.38 bits per heavy atom. The van der Waals surface area contributed by atoms with Crippen molar-refractivity contribution in [2.75, 3.05) is 0 Å². The topological polar surface area (TPSA) is 26.3 Å². The Hall–Kier alpha value is 0.210. The molecule has 0 heterocycles. The Balaban J connectivity index is 0.000000490. The first-order valence-electron chi connectivity index (χ1n) is 2.16. The number of carbonyl (C=O) groups excluding carboxylic acids is 1. The van der Waals surface area contributed by atoms with Crippen molar-refractivity contribution >= 4 is 35.5 Å². The van der Waals surface area contributed by atoms with Gasteiger partial charge in [-0.2, -0.15) is 0 Å². The summed E-state index contributed by atoms with van der Waals surface area (Å²) in [6.45, 7) is 1.40. The Labute approximate surface area is 70.2 Å². The van der Waals surface area contributed by atoms with E-state index in [-0.39, 0.29) is 35.5 Å². The second-order valence-electron chi connectivity index (χ2n) is 1.47. The van der Waals surface area contributed by atoms with Crippen molar-refractivity contribution in [2.24, 2.45) is 0 Å². The molecule has 1 radical (unpaired) electrons. The average molecular weight is 121 g/mol. The van der Waals surface area contributed by atoms with E-state index in [4.69, 9.17) is 0 Å². The summed E-state index contributed by atoms with van der Waals surface area (Å²) in [5, 5.41) is 0. The molecule has 0 amide bonds. The smallest absolute Gasteiger partial charge is 0.307 e. The van der Waals surface area contributed by atoms with Crippen LogP contribution in [0.4, 0.5) is 0 Å². The SMILES string of the molecule is CC(=O)OC1=CC1.[Na]. The molecular formula is C5H6NaO2. The van der Waals surface area contributed by atoms with Crippen LogP contribution >= 0.6 is 0 Å². The monoisotopic (exact) mass is 121 g/mol. The predicted molar refractivity (Wildman–Crippen MR) is 30.2 cm³/mol. The van der Waals surface area contributed by atoms with E-state index in [0.717, 1.165) is 12.2 Å². The molecule has 0 aromatic carbocycles. The minimum atomic E-state index is -0.219. The summed E-state index contributed by atoms with van der Waals surface area (Å²) in [5.74, 6) is 0.594. The Morgan fingerprint density at radius 1 is 1.88 bits per heavy atom. The van der Waals surface area contributed by atoms with E-state index >= 15 is 0 Å². The standard InChI is InChI=1S/C5H6O2.Na/c1-4(6)7-5-2-3-5;/h2H,3H2,1H3;. The van der Waals surface area contributed by atoms with Crippen molar-refractivity contribution in [2.45, 2.75) is 13.3 Å². The van der Waals surface area contributed by atoms with Gasteiger partial charge in [-0.15, -0.1) is 0 Å². The molecule has 39 valence electrons. The van der Waals surface area contributed by atoms with E-state index in [9.17, 15) is 4.79 Å². The van der Waals surface area contributed by atoms with Crippen LogP contribution in [0.2, 0.25) is 0 Å². The minimum Gasteiger partial charge on any atom is -0.431 e. The van der Waals surface area contributed by atoms with E-state index in [0.29, 0.717) is 0 Å². The molecule has 0 aliphatic heterocycles. The fraction of sp³-hybridized carbons (Fsp3) is 0.400. The van der Waals surface area contributed by atoms with Gasteiger partial charge < -0.3 is 4.74 Å². The van der Waals surface area contributed by atoms with Gasteiger partial charge in [-0.25, -0.2) is 0 Å². The molecule has 1 aliphatic carbocycles. The van der Waals surface area contributed by atoms with Crippen molar-refractivity contribution in [1.29, 1.82) is 0 Å². The number of hydrogen-bond donors (Lipinski definition) is 0. The summed E-state index contributed by atoms with van der Waals surface area (Å²) < 4.78 is 4.58. The Morgan fingerprint density at radius 3 is 2.50 bits per heavy atom. The van der Waals surface area contributed by atoms with E-state index in [2.05, 4.69) is 4.74 Å². The Bertz CT molecular complexity index is 128. The van der Waals surface area contributed by atoms with E-state index in [1.54, 1.807) is 0 Å². The summed E-state index contributed by atoms with van der Waals surface area (Å²) in [6.07, 6.45) is 2.72. The third-order valence-corrected chi connectivity index (χ3v) is 0.646. The van der Waals surface area contributed by atoms with Gasteiger partial charge in [0, 0.05) is 42.9 Å². The molecule has 0 fully saturated rings. The van der Waals surface area contributed by atoms with E-state index in [1.807, 2.05) is 6.08 Å². The number of esters is 1. The zero-order valence-corrected chi connectivity index (χ0v) is 7.10. The van der Waals surface area contributed by atoms with Crippen LogP contribution in [0.5, 0.6) is 0 Å². The summed E-state index contributed by atoms with van der Waals surface area (Å²) >= 11 is 0. The fourth-order valence-electron chi connectivity index (χ4n) is 0.310. The first-order valence-corrected chi connectivity index (χ1v) is 2.16. The van der Waals surface area contributed by atoms with Gasteiger partial charge in [0.05, 0.1) is 0 Å². The summed E-state index contributed by atoms with van der Waals surface area (Å²) in [5.41, 5.74) is 0. The number of hydrogen-bond acceptors (Lipinski definition) is 2. The van der Waals surface area contributed by atoms with Gasteiger partial charge in [0.1, 0.15) is 5.76 Å². The average Bonchev–Trinajstić information content (AvgIpc) is 2.17. The first-order chi connectivity index (χ1) is 3.29. The number of allylic oxidation sites excluding steroid dienone is 2. The molecule has 0 saturated heterocycles. The van der Waals surface area contributed by atoms with Crippen molar-refractivity contribution in [3.05, 3.63) is 11.8 Å². The van der Waals surface area contributed by atoms with Crippen molar-refractivity contribution in [3.63, 3.8) is 0 Å². The molecular weight excluding hydrogens is 115 g/mol. The van der Waals surface area contributed by atoms with Crippen LogP contribution in [0.15, 0.2) is 11.8 Å². The Kier molecular flexibility index (Phi) is 3.36. The van der Waals surface area contributed by atoms with Crippen molar-refractivity contribution in [3.8, 4) is 0 Å². The minimum absolute atomic E-state index is 0. The maximum Gasteiger partial charge on any atom is 0.307 e. The molecule has 3 heteroatoms. The van der Waals surface area contributed by atoms with Crippen LogP contribution in [0.3, 0.4) is 0 Å². The molecule has 1 rings (SSSR count). The van der Waals surface area contributed by atoms with Crippen molar-refractivity contribution < 1.29 is 9.53 Å². The zero-order chi connectivity index (χ0) is 5.28. The second kappa shape index (κ2) is 3.28. The van der Waals surface area contributed by atoms with Gasteiger partial charge in [-0.3, -0.25) is 4.79 Å². The largest absolute Gasteiger partial charge is 0.431 e. The first kappa shape index (κ1) is 8.21. The van der Waals surface area contributed by atoms with Crippen LogP contribution in [0, 0.1) is 0 Å². The van der Waals surface area contributed by atoms with Gasteiger partial charge in [-0.1, -0.05) is 0 Å². The van der Waals surface area contributed by atoms with Crippen LogP contribution in [0.1, 0.15) is 13.3 Å². The normalized spacial score (nSPS) is 13.4. The molecule has 0 saturated carbocycles. The molecule has 0 aromatic heterocycles. The number of rotatable bonds is 1. The van der Waals surface area contributed by atoms with E-state index < -0.39 is 0 Å². The van der Waals surface area contributed by atoms with Crippen LogP contribution in [-0.4, -0.2) is 35.5 Å². The van der Waals surface area contributed by atoms with Gasteiger partial charge in [-0.05, 0) is 6.08 Å². The second-order valence-corrected chi connectivity index (χ2v) is 1.47. The van der Waals surface area contributed by atoms with Crippen LogP contribution in [-0.2, 0) is 9.53 Å². The van der Waals surface area contributed by atoms with Gasteiger partial charge >= 0.3 is 5.97 Å². The van der Waals surface area contributed by atoms with Gasteiger partial charge in [0.15, 0.2) is 0 Å². The van der Waals surface area contributed by atoms with Gasteiger partial charge in [0.25, 0.3) is 0 Å². The molecule has 0 N–H and O–H groups in total. The molecule has 0 atom stereocenters. The van der Waals surface area contributed by atoms with Crippen LogP contribution < -0.4 is 0 Å². The zero-order valence-electron chi connectivity index (χ0n) is 5.10. The third-order valence-electron chi connectivity index (χ3n) is 0.646. The number of carbonyl (C=O) groups is 1. The van der Waals surface area contributed by atoms with E-state index in [1.165, 1.54) is 6.92 Å². The maximum absolute atomic E-state index is 10.0. The summed E-state index contributed by atoms with van der Waals surface area (Å²) in [4.78, 5) is 10.0. The fourth-order valence-corrected chi connectivity index (χ4v) is 0.310. The molecule has 1 aliphatic rings. The van der Waals surface area contributed by atoms with Crippen molar-refractivity contribution in [1.82, 2.24) is 0 Å². The molecule has 0 aromatic rings. The third kappa shape index (κ3) is 3.24. The molecule has 0 unspecified atom stereocenters. The predicted octanol–water partition coefficient (Wildman–Crippen LogP) is 0.456. The molecule has 0 spiro atoms. The molecule has 2 nitrogen and oxygen atoms in total. The van der Waals surface area contributed by atoms with Gasteiger partial charge in [0.2, 0.25) is 0 Å². The summed E-state index contributed by atoms with van der Waals surface area (Å²) in [6, 6.07) is 0. The summed E-state index contributed by atoms with van der Waals surface area (Å²) in [7, 11) is 0. The van der Waals surface area contributed by atoms with Crippen LogP contribution in [0.25, 0.3) is 0 Å². The maximum atomic E-state index is 10.0. The number of ether oxygens (including phenoxy) is 1. The quantitative estimate of drug-likeness (QED) is 0.372. The molecule has 0 bridgehead atoms. The molecule has 8 heavy (non-hydrogen) atoms.